The fourth-order valence-corrected chi connectivity index (χ4v) is 3.11. The van der Waals surface area contributed by atoms with Gasteiger partial charge in [0.2, 0.25) is 6.29 Å². The van der Waals surface area contributed by atoms with Crippen LogP contribution in [-0.2, 0) is 20.5 Å². The van der Waals surface area contributed by atoms with Crippen molar-refractivity contribution in [2.24, 2.45) is 0 Å². The van der Waals surface area contributed by atoms with Gasteiger partial charge >= 0.3 is 0 Å². The van der Waals surface area contributed by atoms with Gasteiger partial charge in [-0.1, -0.05) is 33.8 Å². The summed E-state index contributed by atoms with van der Waals surface area (Å²) in [6, 6.07) is 6.16. The van der Waals surface area contributed by atoms with Crippen LogP contribution in [0.2, 0.25) is 0 Å². The molecule has 0 bridgehead atoms. The Morgan fingerprint density at radius 1 is 1.09 bits per heavy atom. The zero-order valence-electron chi connectivity index (χ0n) is 14.2. The van der Waals surface area contributed by atoms with Gasteiger partial charge in [0, 0.05) is 6.61 Å². The highest BCUT2D eigenvalue weighted by Crippen LogP contribution is 2.46. The lowest BCUT2D eigenvalue weighted by Crippen LogP contribution is -2.33. The quantitative estimate of drug-likeness (QED) is 0.714. The zero-order valence-corrected chi connectivity index (χ0v) is 14.2. The van der Waals surface area contributed by atoms with Gasteiger partial charge in [-0.25, -0.2) is 0 Å². The van der Waals surface area contributed by atoms with E-state index in [1.54, 1.807) is 6.92 Å². The summed E-state index contributed by atoms with van der Waals surface area (Å²) in [5.41, 5.74) is 2.99. The lowest BCUT2D eigenvalue weighted by atomic mass is 9.63. The third kappa shape index (κ3) is 3.61. The van der Waals surface area contributed by atoms with Crippen molar-refractivity contribution in [3.63, 3.8) is 0 Å². The van der Waals surface area contributed by atoms with E-state index in [1.807, 2.05) is 6.07 Å². The van der Waals surface area contributed by atoms with Crippen LogP contribution in [0.3, 0.4) is 0 Å². The second-order valence-corrected chi connectivity index (χ2v) is 7.26. The van der Waals surface area contributed by atoms with Crippen LogP contribution in [0.5, 0.6) is 5.75 Å². The van der Waals surface area contributed by atoms with Crippen LogP contribution in [0.1, 0.15) is 58.6 Å². The Labute approximate surface area is 132 Å². The summed E-state index contributed by atoms with van der Waals surface area (Å²) in [5.74, 6) is 0.728. The maximum Gasteiger partial charge on any atom is 0.231 e. The Kier molecular flexibility index (Phi) is 5.13. The average Bonchev–Trinajstić information content (AvgIpc) is 2.48. The Hall–Kier alpha value is -1.13. The van der Waals surface area contributed by atoms with E-state index in [2.05, 4.69) is 44.8 Å². The van der Waals surface area contributed by atoms with Crippen molar-refractivity contribution in [2.75, 3.05) is 13.2 Å². The third-order valence-corrected chi connectivity index (χ3v) is 4.66. The van der Waals surface area contributed by atoms with Crippen molar-refractivity contribution in [3.8, 4) is 5.75 Å². The minimum atomic E-state index is -0.981. The molecule has 4 heteroatoms. The van der Waals surface area contributed by atoms with E-state index in [0.717, 1.165) is 12.2 Å². The molecule has 0 heterocycles. The van der Waals surface area contributed by atoms with Crippen LogP contribution in [0.25, 0.3) is 0 Å². The molecule has 1 unspecified atom stereocenters. The molecule has 0 saturated heterocycles. The summed E-state index contributed by atoms with van der Waals surface area (Å²) in [6.07, 6.45) is 1.34. The first-order chi connectivity index (χ1) is 10.3. The highest BCUT2D eigenvalue weighted by molar-refractivity contribution is 5.45. The van der Waals surface area contributed by atoms with E-state index in [0.29, 0.717) is 6.61 Å². The van der Waals surface area contributed by atoms with Crippen LogP contribution in [0.15, 0.2) is 18.2 Å². The molecule has 1 atom stereocenters. The molecule has 0 aromatic heterocycles. The number of rotatable bonds is 6. The van der Waals surface area contributed by atoms with Crippen molar-refractivity contribution >= 4 is 0 Å². The molecule has 2 rings (SSSR count). The molecule has 1 aromatic carbocycles. The number of halogens is 1. The van der Waals surface area contributed by atoms with Crippen molar-refractivity contribution in [1.29, 1.82) is 0 Å². The first-order valence-electron chi connectivity index (χ1n) is 7.97. The molecule has 0 spiro atoms. The van der Waals surface area contributed by atoms with E-state index in [9.17, 15) is 4.53 Å². The number of fused-ring (bicyclic) bond motifs is 1. The molecule has 0 radical (unpaired) electrons. The summed E-state index contributed by atoms with van der Waals surface area (Å²) in [7, 11) is 0. The molecule has 22 heavy (non-hydrogen) atoms. The summed E-state index contributed by atoms with van der Waals surface area (Å²) < 4.78 is 23.1. The molecule has 1 aliphatic carbocycles. The molecule has 3 nitrogen and oxygen atoms in total. The Morgan fingerprint density at radius 2 is 1.73 bits per heavy atom. The van der Waals surface area contributed by atoms with Crippen LogP contribution in [0.4, 0.5) is 4.53 Å². The molecule has 124 valence electrons. The first kappa shape index (κ1) is 17.2. The van der Waals surface area contributed by atoms with Crippen molar-refractivity contribution < 1.29 is 18.9 Å². The molecular weight excluding hydrogens is 283 g/mol. The number of ether oxygens (including phenoxy) is 2. The van der Waals surface area contributed by atoms with E-state index < -0.39 is 6.29 Å². The van der Waals surface area contributed by atoms with E-state index in [-0.39, 0.29) is 17.4 Å². The van der Waals surface area contributed by atoms with Crippen molar-refractivity contribution in [1.82, 2.24) is 0 Å². The number of hydrogen-bond acceptors (Lipinski definition) is 3. The molecule has 0 fully saturated rings. The van der Waals surface area contributed by atoms with Gasteiger partial charge in [-0.15, -0.1) is 0 Å². The van der Waals surface area contributed by atoms with Crippen molar-refractivity contribution in [3.05, 3.63) is 29.3 Å². The summed E-state index contributed by atoms with van der Waals surface area (Å²) >= 11 is 0. The fourth-order valence-electron chi connectivity index (χ4n) is 3.11. The molecule has 0 amide bonds. The van der Waals surface area contributed by atoms with Gasteiger partial charge in [-0.3, -0.25) is 0 Å². The van der Waals surface area contributed by atoms with Crippen molar-refractivity contribution in [2.45, 2.75) is 64.6 Å². The molecule has 0 aliphatic heterocycles. The minimum absolute atomic E-state index is 0.0347. The van der Waals surface area contributed by atoms with E-state index in [1.165, 1.54) is 17.5 Å². The standard InChI is InChI=1S/C18H27FO3/c1-6-20-16(22-19)12-21-13-7-8-14-15(11-13)18(4,5)10-9-17(14,2)3/h7-8,11,16H,6,9-10,12H2,1-5H3. The van der Waals surface area contributed by atoms with Gasteiger partial charge in [-0.05, 0) is 58.4 Å². The van der Waals surface area contributed by atoms with Gasteiger partial charge in [0.05, 0.1) is 0 Å². The van der Waals surface area contributed by atoms with Gasteiger partial charge in [-0.2, -0.15) is 4.94 Å². The van der Waals surface area contributed by atoms with E-state index in [4.69, 9.17) is 9.47 Å². The molecule has 0 N–H and O–H groups in total. The van der Waals surface area contributed by atoms with Crippen LogP contribution in [-0.4, -0.2) is 19.5 Å². The second-order valence-electron chi connectivity index (χ2n) is 7.26. The molecule has 1 aliphatic rings. The Bertz CT molecular complexity index is 511. The number of benzene rings is 1. The maximum absolute atomic E-state index is 12.3. The van der Waals surface area contributed by atoms with Crippen LogP contribution >= 0.6 is 0 Å². The third-order valence-electron chi connectivity index (χ3n) is 4.66. The monoisotopic (exact) mass is 310 g/mol. The normalized spacial score (nSPS) is 20.3. The van der Waals surface area contributed by atoms with Gasteiger partial charge in [0.1, 0.15) is 12.4 Å². The molecular formula is C18H27FO3. The van der Waals surface area contributed by atoms with Crippen LogP contribution < -0.4 is 4.74 Å². The molecule has 1 aromatic rings. The Morgan fingerprint density at radius 3 is 2.32 bits per heavy atom. The summed E-state index contributed by atoms with van der Waals surface area (Å²) in [4.78, 5) is 3.75. The highest BCUT2D eigenvalue weighted by atomic mass is 19.3. The van der Waals surface area contributed by atoms with Gasteiger partial charge in [0.25, 0.3) is 0 Å². The first-order valence-corrected chi connectivity index (χ1v) is 7.97. The zero-order chi connectivity index (χ0) is 16.4. The minimum Gasteiger partial charge on any atom is -0.488 e. The second kappa shape index (κ2) is 6.55. The topological polar surface area (TPSA) is 27.7 Å². The maximum atomic E-state index is 12.3. The van der Waals surface area contributed by atoms with Crippen LogP contribution in [0, 0.1) is 0 Å². The predicted molar refractivity (Wildman–Crippen MR) is 84.8 cm³/mol. The van der Waals surface area contributed by atoms with Gasteiger partial charge in [0.15, 0.2) is 0 Å². The summed E-state index contributed by atoms with van der Waals surface area (Å²) in [5, 5.41) is 0. The SMILES string of the molecule is CCOC(COc1ccc2c(c1)C(C)(C)CCC2(C)C)OF. The lowest BCUT2D eigenvalue weighted by Gasteiger charge is -2.41. The van der Waals surface area contributed by atoms with Gasteiger partial charge < -0.3 is 9.47 Å². The summed E-state index contributed by atoms with van der Waals surface area (Å²) in [6.45, 7) is 11.3. The molecule has 0 saturated carbocycles. The average molecular weight is 310 g/mol. The smallest absolute Gasteiger partial charge is 0.231 e. The highest BCUT2D eigenvalue weighted by Gasteiger charge is 2.37. The largest absolute Gasteiger partial charge is 0.488 e. The van der Waals surface area contributed by atoms with E-state index >= 15 is 0 Å². The Balaban J connectivity index is 2.19. The number of hydrogen-bond donors (Lipinski definition) is 0. The fraction of sp³-hybridized carbons (Fsp3) is 0.667. The predicted octanol–water partition coefficient (Wildman–Crippen LogP) is 4.68. The lowest BCUT2D eigenvalue weighted by molar-refractivity contribution is -0.280.